The van der Waals surface area contributed by atoms with Crippen LogP contribution in [0.5, 0.6) is 0 Å². The molecule has 3 aromatic rings. The first-order chi connectivity index (χ1) is 15.1. The molecular formula is C25H24FN3OS. The monoisotopic (exact) mass is 433 g/mol. The largest absolute Gasteiger partial charge is 0.346 e. The Morgan fingerprint density at radius 1 is 0.806 bits per heavy atom. The minimum Gasteiger partial charge on any atom is -0.346 e. The summed E-state index contributed by atoms with van der Waals surface area (Å²) in [7, 11) is 0. The number of thiocarbonyl (C=S) groups is 1. The standard InChI is InChI=1S/C25H24FN3OS/c26-22-14-8-7-13-21(22)24(30)27-25(31)29-17-15-28(16-18-29)23(19-9-3-1-4-10-19)20-11-5-2-6-12-20/h1-14,23H,15-18H2,(H,27,30,31). The number of hydrogen-bond acceptors (Lipinski definition) is 3. The topological polar surface area (TPSA) is 35.6 Å². The van der Waals surface area contributed by atoms with E-state index in [1.165, 1.54) is 23.3 Å². The number of halogens is 1. The lowest BCUT2D eigenvalue weighted by molar-refractivity contribution is 0.0963. The summed E-state index contributed by atoms with van der Waals surface area (Å²) in [6, 6.07) is 27.0. The molecule has 0 spiro atoms. The molecule has 0 bridgehead atoms. The van der Waals surface area contributed by atoms with Crippen LogP contribution in [0.3, 0.4) is 0 Å². The maximum Gasteiger partial charge on any atom is 0.260 e. The van der Waals surface area contributed by atoms with Crippen LogP contribution < -0.4 is 5.32 Å². The summed E-state index contributed by atoms with van der Waals surface area (Å²) in [5, 5.41) is 3.01. The van der Waals surface area contributed by atoms with Gasteiger partial charge in [-0.2, -0.15) is 0 Å². The van der Waals surface area contributed by atoms with Crippen molar-refractivity contribution in [3.63, 3.8) is 0 Å². The summed E-state index contributed by atoms with van der Waals surface area (Å²) in [5.74, 6) is -1.07. The summed E-state index contributed by atoms with van der Waals surface area (Å²) in [4.78, 5) is 16.8. The van der Waals surface area contributed by atoms with Gasteiger partial charge < -0.3 is 4.90 Å². The maximum atomic E-state index is 13.9. The molecular weight excluding hydrogens is 409 g/mol. The average molecular weight is 434 g/mol. The van der Waals surface area contributed by atoms with Crippen molar-refractivity contribution < 1.29 is 9.18 Å². The molecule has 1 aliphatic heterocycles. The number of rotatable bonds is 4. The first kappa shape index (κ1) is 21.2. The first-order valence-corrected chi connectivity index (χ1v) is 10.7. The van der Waals surface area contributed by atoms with E-state index in [0.29, 0.717) is 18.2 Å². The van der Waals surface area contributed by atoms with Crippen LogP contribution in [0.25, 0.3) is 0 Å². The minimum atomic E-state index is -0.554. The molecule has 4 nitrogen and oxygen atoms in total. The molecule has 0 unspecified atom stereocenters. The predicted octanol–water partition coefficient (Wildman–Crippen LogP) is 4.25. The summed E-state index contributed by atoms with van der Waals surface area (Å²) in [6.45, 7) is 2.97. The average Bonchev–Trinajstić information content (AvgIpc) is 2.81. The molecule has 6 heteroatoms. The van der Waals surface area contributed by atoms with E-state index >= 15 is 0 Å². The van der Waals surface area contributed by atoms with Crippen molar-refractivity contribution in [2.75, 3.05) is 26.2 Å². The number of nitrogens with zero attached hydrogens (tertiary/aromatic N) is 2. The number of carbonyl (C=O) groups excluding carboxylic acids is 1. The molecule has 31 heavy (non-hydrogen) atoms. The second kappa shape index (κ2) is 9.81. The quantitative estimate of drug-likeness (QED) is 0.624. The zero-order valence-corrected chi connectivity index (χ0v) is 17.9. The molecule has 1 amide bonds. The molecule has 0 aliphatic carbocycles. The van der Waals surface area contributed by atoms with Gasteiger partial charge in [-0.3, -0.25) is 15.0 Å². The molecule has 1 fully saturated rings. The van der Waals surface area contributed by atoms with Gasteiger partial charge in [-0.05, 0) is 35.5 Å². The summed E-state index contributed by atoms with van der Waals surface area (Å²) >= 11 is 5.44. The van der Waals surface area contributed by atoms with Crippen molar-refractivity contribution in [3.05, 3.63) is 107 Å². The van der Waals surface area contributed by atoms with E-state index in [1.807, 2.05) is 17.0 Å². The van der Waals surface area contributed by atoms with Crippen molar-refractivity contribution in [2.24, 2.45) is 0 Å². The van der Waals surface area contributed by atoms with E-state index in [4.69, 9.17) is 12.2 Å². The maximum absolute atomic E-state index is 13.9. The van der Waals surface area contributed by atoms with Gasteiger partial charge in [-0.15, -0.1) is 0 Å². The van der Waals surface area contributed by atoms with E-state index in [-0.39, 0.29) is 11.6 Å². The Morgan fingerprint density at radius 2 is 1.32 bits per heavy atom. The Balaban J connectivity index is 1.42. The molecule has 0 saturated carbocycles. The Kier molecular flexibility index (Phi) is 6.70. The van der Waals surface area contributed by atoms with E-state index in [0.717, 1.165) is 13.1 Å². The third kappa shape index (κ3) is 4.98. The van der Waals surface area contributed by atoms with Crippen LogP contribution in [0.4, 0.5) is 4.39 Å². The summed E-state index contributed by atoms with van der Waals surface area (Å²) in [5.41, 5.74) is 2.49. The fourth-order valence-corrected chi connectivity index (χ4v) is 4.23. The van der Waals surface area contributed by atoms with E-state index in [9.17, 15) is 9.18 Å². The highest BCUT2D eigenvalue weighted by atomic mass is 32.1. The van der Waals surface area contributed by atoms with E-state index in [2.05, 4.69) is 58.7 Å². The van der Waals surface area contributed by atoms with Gasteiger partial charge in [0.05, 0.1) is 11.6 Å². The third-order valence-corrected chi connectivity index (χ3v) is 5.90. The normalized spacial score (nSPS) is 14.5. The minimum absolute atomic E-state index is 0.00305. The molecule has 1 heterocycles. The molecule has 1 saturated heterocycles. The molecule has 158 valence electrons. The van der Waals surface area contributed by atoms with Crippen molar-refractivity contribution in [1.82, 2.24) is 15.1 Å². The fourth-order valence-electron chi connectivity index (χ4n) is 3.96. The van der Waals surface area contributed by atoms with Gasteiger partial charge in [-0.1, -0.05) is 72.8 Å². The number of hydrogen-bond donors (Lipinski definition) is 1. The molecule has 0 aromatic heterocycles. The lowest BCUT2D eigenvalue weighted by Crippen LogP contribution is -2.53. The number of carbonyl (C=O) groups is 1. The summed E-state index contributed by atoms with van der Waals surface area (Å²) < 4.78 is 13.9. The van der Waals surface area contributed by atoms with E-state index < -0.39 is 11.7 Å². The van der Waals surface area contributed by atoms with Gasteiger partial charge in [0.25, 0.3) is 5.91 Å². The van der Waals surface area contributed by atoms with Gasteiger partial charge in [-0.25, -0.2) is 4.39 Å². The Morgan fingerprint density at radius 3 is 1.87 bits per heavy atom. The van der Waals surface area contributed by atoms with Crippen molar-refractivity contribution in [2.45, 2.75) is 6.04 Å². The van der Waals surface area contributed by atoms with E-state index in [1.54, 1.807) is 12.1 Å². The van der Waals surface area contributed by atoms with Crippen LogP contribution in [0.1, 0.15) is 27.5 Å². The van der Waals surface area contributed by atoms with Crippen molar-refractivity contribution in [1.29, 1.82) is 0 Å². The third-order valence-electron chi connectivity index (χ3n) is 5.54. The van der Waals surface area contributed by atoms with Gasteiger partial charge >= 0.3 is 0 Å². The van der Waals surface area contributed by atoms with Crippen LogP contribution in [0, 0.1) is 5.82 Å². The number of nitrogens with one attached hydrogen (secondary N) is 1. The molecule has 3 aromatic carbocycles. The van der Waals surface area contributed by atoms with Crippen LogP contribution in [-0.4, -0.2) is 47.0 Å². The van der Waals surface area contributed by atoms with Crippen molar-refractivity contribution in [3.8, 4) is 0 Å². The highest BCUT2D eigenvalue weighted by Gasteiger charge is 2.27. The molecule has 1 aliphatic rings. The predicted molar refractivity (Wildman–Crippen MR) is 124 cm³/mol. The molecule has 4 rings (SSSR count). The van der Waals surface area contributed by atoms with Gasteiger partial charge in [0.1, 0.15) is 5.82 Å². The number of amides is 1. The van der Waals surface area contributed by atoms with Gasteiger partial charge in [0, 0.05) is 26.2 Å². The first-order valence-electron chi connectivity index (χ1n) is 10.3. The lowest BCUT2D eigenvalue weighted by atomic mass is 9.96. The molecule has 0 radical (unpaired) electrons. The lowest BCUT2D eigenvalue weighted by Gasteiger charge is -2.40. The van der Waals surface area contributed by atoms with Gasteiger partial charge in [0.15, 0.2) is 5.11 Å². The second-order valence-corrected chi connectivity index (χ2v) is 7.87. The highest BCUT2D eigenvalue weighted by Crippen LogP contribution is 2.29. The SMILES string of the molecule is O=C(NC(=S)N1CCN(C(c2ccccc2)c2ccccc2)CC1)c1ccccc1F. The zero-order valence-electron chi connectivity index (χ0n) is 17.1. The van der Waals surface area contributed by atoms with Crippen LogP contribution in [-0.2, 0) is 0 Å². The molecule has 0 atom stereocenters. The van der Waals surface area contributed by atoms with Crippen LogP contribution in [0.2, 0.25) is 0 Å². The van der Waals surface area contributed by atoms with Crippen LogP contribution >= 0.6 is 12.2 Å². The number of benzene rings is 3. The Hall–Kier alpha value is -3.09. The second-order valence-electron chi connectivity index (χ2n) is 7.49. The Labute approximate surface area is 187 Å². The number of piperazine rings is 1. The van der Waals surface area contributed by atoms with Crippen LogP contribution in [0.15, 0.2) is 84.9 Å². The van der Waals surface area contributed by atoms with Crippen molar-refractivity contribution >= 4 is 23.2 Å². The summed E-state index contributed by atoms with van der Waals surface area (Å²) in [6.07, 6.45) is 0. The molecule has 1 N–H and O–H groups in total. The highest BCUT2D eigenvalue weighted by molar-refractivity contribution is 7.80. The van der Waals surface area contributed by atoms with Gasteiger partial charge in [0.2, 0.25) is 0 Å². The zero-order chi connectivity index (χ0) is 21.6. The smallest absolute Gasteiger partial charge is 0.260 e. The fraction of sp³-hybridized carbons (Fsp3) is 0.200. The Bertz CT molecular complexity index is 997.